The van der Waals surface area contributed by atoms with Crippen molar-refractivity contribution < 1.29 is 9.53 Å². The number of amides is 1. The number of fused-ring (bicyclic) bond motifs is 2. The monoisotopic (exact) mass is 464 g/mol. The van der Waals surface area contributed by atoms with E-state index in [0.717, 1.165) is 53.9 Å². The molecule has 2 atom stereocenters. The van der Waals surface area contributed by atoms with Crippen molar-refractivity contribution in [3.63, 3.8) is 0 Å². The van der Waals surface area contributed by atoms with Crippen LogP contribution in [-0.2, 0) is 17.8 Å². The van der Waals surface area contributed by atoms with E-state index in [1.807, 2.05) is 30.5 Å². The first kappa shape index (κ1) is 22.1. The molecule has 0 aliphatic carbocycles. The van der Waals surface area contributed by atoms with E-state index in [1.54, 1.807) is 7.11 Å². The van der Waals surface area contributed by atoms with Gasteiger partial charge in [0.25, 0.3) is 0 Å². The van der Waals surface area contributed by atoms with Crippen molar-refractivity contribution >= 4 is 34.5 Å². The van der Waals surface area contributed by atoms with E-state index in [1.165, 1.54) is 17.3 Å². The van der Waals surface area contributed by atoms with Crippen LogP contribution in [-0.4, -0.2) is 52.4 Å². The minimum atomic E-state index is 0.0160. The van der Waals surface area contributed by atoms with E-state index in [0.29, 0.717) is 36.1 Å². The van der Waals surface area contributed by atoms with Gasteiger partial charge in [0.2, 0.25) is 11.8 Å². The molecule has 0 saturated carbocycles. The number of nitrogens with zero attached hydrogens (tertiary/aromatic N) is 3. The normalized spacial score (nSPS) is 20.3. The van der Waals surface area contributed by atoms with Gasteiger partial charge < -0.3 is 20.7 Å². The molecule has 2 aliphatic heterocycles. The second-order valence-corrected chi connectivity index (χ2v) is 9.49. The molecule has 3 aromatic rings. The highest BCUT2D eigenvalue weighted by molar-refractivity contribution is 8.00. The predicted octanol–water partition coefficient (Wildman–Crippen LogP) is 2.92. The molecule has 2 aliphatic rings. The molecule has 1 saturated heterocycles. The van der Waals surface area contributed by atoms with Crippen LogP contribution in [0.1, 0.15) is 30.5 Å². The molecule has 0 spiro atoms. The number of piperidine rings is 1. The van der Waals surface area contributed by atoms with Gasteiger partial charge >= 0.3 is 0 Å². The summed E-state index contributed by atoms with van der Waals surface area (Å²) in [5.74, 6) is 1.79. The van der Waals surface area contributed by atoms with Crippen molar-refractivity contribution in [2.24, 2.45) is 0 Å². The summed E-state index contributed by atoms with van der Waals surface area (Å²) >= 11 is 1.54. The zero-order valence-electron chi connectivity index (χ0n) is 18.6. The third kappa shape index (κ3) is 5.26. The van der Waals surface area contributed by atoms with Crippen molar-refractivity contribution in [1.29, 1.82) is 0 Å². The first-order valence-electron chi connectivity index (χ1n) is 11.4. The molecule has 0 radical (unpaired) electrons. The van der Waals surface area contributed by atoms with Crippen LogP contribution in [0, 0.1) is 0 Å². The van der Waals surface area contributed by atoms with Crippen LogP contribution >= 0.6 is 11.8 Å². The quantitative estimate of drug-likeness (QED) is 0.491. The highest BCUT2D eigenvalue weighted by Crippen LogP contribution is 2.29. The lowest BCUT2D eigenvalue weighted by Crippen LogP contribution is -2.47. The second-order valence-electron chi connectivity index (χ2n) is 8.48. The number of anilines is 1. The SMILES string of the molecule is COc1ccc2nccc(CC[C@@H]3CC[C@@H](NCc4ccc5c(n4)NC(=O)CS5)CN3)c2n1. The van der Waals surface area contributed by atoms with E-state index in [-0.39, 0.29) is 5.91 Å². The minimum Gasteiger partial charge on any atom is -0.481 e. The maximum absolute atomic E-state index is 11.6. The smallest absolute Gasteiger partial charge is 0.235 e. The van der Waals surface area contributed by atoms with Crippen molar-refractivity contribution in [2.45, 2.75) is 49.2 Å². The Morgan fingerprint density at radius 1 is 1.18 bits per heavy atom. The van der Waals surface area contributed by atoms with E-state index < -0.39 is 0 Å². The Morgan fingerprint density at radius 2 is 2.12 bits per heavy atom. The summed E-state index contributed by atoms with van der Waals surface area (Å²) in [5.41, 5.74) is 4.00. The summed E-state index contributed by atoms with van der Waals surface area (Å²) in [6.07, 6.45) is 6.13. The zero-order valence-corrected chi connectivity index (χ0v) is 19.5. The summed E-state index contributed by atoms with van der Waals surface area (Å²) in [6.45, 7) is 1.63. The number of aryl methyl sites for hydroxylation is 1. The van der Waals surface area contributed by atoms with E-state index in [2.05, 4.69) is 37.0 Å². The Balaban J connectivity index is 1.11. The molecule has 172 valence electrons. The first-order chi connectivity index (χ1) is 16.2. The van der Waals surface area contributed by atoms with Crippen molar-refractivity contribution in [3.8, 4) is 5.88 Å². The lowest BCUT2D eigenvalue weighted by Gasteiger charge is -2.30. The van der Waals surface area contributed by atoms with Crippen LogP contribution in [0.5, 0.6) is 5.88 Å². The Morgan fingerprint density at radius 3 is 2.97 bits per heavy atom. The number of carbonyl (C=O) groups is 1. The van der Waals surface area contributed by atoms with Crippen LogP contribution in [0.4, 0.5) is 5.82 Å². The molecule has 33 heavy (non-hydrogen) atoms. The van der Waals surface area contributed by atoms with E-state index in [9.17, 15) is 4.79 Å². The molecule has 0 aromatic carbocycles. The van der Waals surface area contributed by atoms with Gasteiger partial charge in [0.1, 0.15) is 5.82 Å². The number of rotatable bonds is 7. The molecule has 3 aromatic heterocycles. The third-order valence-corrected chi connectivity index (χ3v) is 7.28. The van der Waals surface area contributed by atoms with Crippen molar-refractivity contribution in [3.05, 3.63) is 47.8 Å². The fourth-order valence-corrected chi connectivity index (χ4v) is 5.15. The van der Waals surface area contributed by atoms with Gasteiger partial charge in [-0.3, -0.25) is 9.78 Å². The molecular formula is C24H28N6O2S. The van der Waals surface area contributed by atoms with Gasteiger partial charge in [-0.2, -0.15) is 0 Å². The van der Waals surface area contributed by atoms with Gasteiger partial charge in [-0.05, 0) is 55.5 Å². The lowest BCUT2D eigenvalue weighted by molar-refractivity contribution is -0.113. The van der Waals surface area contributed by atoms with Gasteiger partial charge in [0.15, 0.2) is 0 Å². The van der Waals surface area contributed by atoms with Crippen LogP contribution in [0.3, 0.4) is 0 Å². The number of carbonyl (C=O) groups excluding carboxylic acids is 1. The van der Waals surface area contributed by atoms with Gasteiger partial charge in [0.05, 0.1) is 34.5 Å². The molecule has 3 N–H and O–H groups in total. The minimum absolute atomic E-state index is 0.0160. The average molecular weight is 465 g/mol. The topological polar surface area (TPSA) is 101 Å². The number of ether oxygens (including phenoxy) is 1. The zero-order chi connectivity index (χ0) is 22.6. The molecule has 1 fully saturated rings. The van der Waals surface area contributed by atoms with Crippen molar-refractivity contribution in [2.75, 3.05) is 24.7 Å². The van der Waals surface area contributed by atoms with Gasteiger partial charge in [-0.1, -0.05) is 0 Å². The Labute approximate surface area is 197 Å². The van der Waals surface area contributed by atoms with Crippen LogP contribution in [0.25, 0.3) is 11.0 Å². The maximum Gasteiger partial charge on any atom is 0.235 e. The number of methoxy groups -OCH3 is 1. The highest BCUT2D eigenvalue weighted by Gasteiger charge is 2.21. The van der Waals surface area contributed by atoms with Crippen LogP contribution < -0.4 is 20.7 Å². The van der Waals surface area contributed by atoms with Gasteiger partial charge in [-0.25, -0.2) is 9.97 Å². The summed E-state index contributed by atoms with van der Waals surface area (Å²) in [4.78, 5) is 26.3. The summed E-state index contributed by atoms with van der Waals surface area (Å²) < 4.78 is 5.29. The number of aromatic nitrogens is 3. The third-order valence-electron chi connectivity index (χ3n) is 6.23. The highest BCUT2D eigenvalue weighted by atomic mass is 32.2. The summed E-state index contributed by atoms with van der Waals surface area (Å²) in [6, 6.07) is 10.9. The van der Waals surface area contributed by atoms with Gasteiger partial charge in [0, 0.05) is 37.4 Å². The second kappa shape index (κ2) is 10.0. The van der Waals surface area contributed by atoms with Crippen LogP contribution in [0.15, 0.2) is 41.4 Å². The molecular weight excluding hydrogens is 436 g/mol. The number of nitrogens with one attached hydrogen (secondary N) is 3. The number of thioether (sulfide) groups is 1. The summed E-state index contributed by atoms with van der Waals surface area (Å²) in [7, 11) is 1.64. The Hall–Kier alpha value is -2.75. The molecule has 0 bridgehead atoms. The Bertz CT molecular complexity index is 1150. The summed E-state index contributed by atoms with van der Waals surface area (Å²) in [5, 5.41) is 10.2. The average Bonchev–Trinajstić information content (AvgIpc) is 2.86. The maximum atomic E-state index is 11.6. The number of pyridine rings is 3. The van der Waals surface area contributed by atoms with Crippen LogP contribution in [0.2, 0.25) is 0 Å². The molecule has 0 unspecified atom stereocenters. The fraction of sp³-hybridized carbons (Fsp3) is 0.417. The van der Waals surface area contributed by atoms with E-state index in [4.69, 9.17) is 4.74 Å². The fourth-order valence-electron chi connectivity index (χ4n) is 4.39. The molecule has 5 heterocycles. The Kier molecular flexibility index (Phi) is 6.70. The molecule has 5 rings (SSSR count). The lowest BCUT2D eigenvalue weighted by atomic mass is 9.95. The standard InChI is InChI=1S/C24H28N6O2S/c1-32-22-9-7-19-23(30-22)15(10-11-25-19)2-3-16-4-5-17(12-26-16)27-13-18-6-8-20-24(28-18)29-21(31)14-33-20/h6-11,16-17,26-27H,2-5,12-14H2,1H3,(H,28,29,31)/t16-,17-/m1/s1. The molecule has 1 amide bonds. The first-order valence-corrected chi connectivity index (χ1v) is 12.3. The largest absolute Gasteiger partial charge is 0.481 e. The number of hydrogen-bond donors (Lipinski definition) is 3. The molecule has 8 nitrogen and oxygen atoms in total. The predicted molar refractivity (Wildman–Crippen MR) is 130 cm³/mol. The van der Waals surface area contributed by atoms with Crippen molar-refractivity contribution in [1.82, 2.24) is 25.6 Å². The van der Waals surface area contributed by atoms with E-state index >= 15 is 0 Å². The van der Waals surface area contributed by atoms with Gasteiger partial charge in [-0.15, -0.1) is 11.8 Å². The number of hydrogen-bond acceptors (Lipinski definition) is 8. The molecule has 9 heteroatoms.